The number of thiophene rings is 1. The molecule has 0 bridgehead atoms. The molecule has 1 N–H and O–H groups in total. The summed E-state index contributed by atoms with van der Waals surface area (Å²) >= 11 is 3.48. The first kappa shape index (κ1) is 19.6. The van der Waals surface area contributed by atoms with E-state index in [4.69, 9.17) is 4.42 Å². The number of amides is 1. The van der Waals surface area contributed by atoms with Crippen LogP contribution in [-0.2, 0) is 5.75 Å². The van der Waals surface area contributed by atoms with Gasteiger partial charge >= 0.3 is 0 Å². The van der Waals surface area contributed by atoms with Crippen molar-refractivity contribution in [1.82, 2.24) is 10.2 Å². The Morgan fingerprint density at radius 1 is 1.25 bits per heavy atom. The number of fused-ring (bicyclic) bond motifs is 1. The van der Waals surface area contributed by atoms with E-state index in [1.165, 1.54) is 10.6 Å². The van der Waals surface area contributed by atoms with Gasteiger partial charge in [-0.1, -0.05) is 31.2 Å². The molecule has 2 aromatic heterocycles. The number of thioether (sulfide) groups is 1. The van der Waals surface area contributed by atoms with Crippen LogP contribution in [0.15, 0.2) is 50.4 Å². The number of para-hydroxylation sites is 1. The van der Waals surface area contributed by atoms with Gasteiger partial charge in [0.2, 0.25) is 0 Å². The van der Waals surface area contributed by atoms with E-state index in [2.05, 4.69) is 34.7 Å². The maximum atomic E-state index is 13.0. The molecule has 0 atom stereocenters. The molecule has 6 heteroatoms. The predicted octanol–water partition coefficient (Wildman–Crippen LogP) is 5.39. The minimum Gasteiger partial charge on any atom is -0.451 e. The highest BCUT2D eigenvalue weighted by Crippen LogP contribution is 2.33. The Kier molecular flexibility index (Phi) is 6.40. The van der Waals surface area contributed by atoms with Gasteiger partial charge in [0.1, 0.15) is 5.58 Å². The van der Waals surface area contributed by atoms with Gasteiger partial charge in [-0.05, 0) is 43.3 Å². The van der Waals surface area contributed by atoms with E-state index in [1.807, 2.05) is 24.3 Å². The number of carbonyl (C=O) groups excluding carboxylic acids is 1. The molecule has 1 saturated heterocycles. The first-order valence-corrected chi connectivity index (χ1v) is 11.8. The third-order valence-electron chi connectivity index (χ3n) is 5.22. The van der Waals surface area contributed by atoms with Crippen molar-refractivity contribution in [2.75, 3.05) is 19.6 Å². The van der Waals surface area contributed by atoms with Crippen LogP contribution in [0, 0.1) is 0 Å². The number of hydrogen-bond acceptors (Lipinski definition) is 5. The van der Waals surface area contributed by atoms with Gasteiger partial charge in [0.15, 0.2) is 5.76 Å². The van der Waals surface area contributed by atoms with Gasteiger partial charge in [-0.15, -0.1) is 23.1 Å². The van der Waals surface area contributed by atoms with Crippen LogP contribution in [0.2, 0.25) is 0 Å². The third kappa shape index (κ3) is 4.45. The normalized spacial score (nSPS) is 15.9. The SMILES string of the molecule is CCCN1CCC(NC(=O)c2oc3ccccc3c2CSc2cccs2)CC1. The van der Waals surface area contributed by atoms with Gasteiger partial charge < -0.3 is 14.6 Å². The summed E-state index contributed by atoms with van der Waals surface area (Å²) in [6.07, 6.45) is 3.19. The molecule has 0 saturated carbocycles. The van der Waals surface area contributed by atoms with Gasteiger partial charge in [0, 0.05) is 35.8 Å². The van der Waals surface area contributed by atoms with E-state index >= 15 is 0 Å². The molecule has 0 radical (unpaired) electrons. The molecular weight excluding hydrogens is 388 g/mol. The van der Waals surface area contributed by atoms with E-state index in [0.29, 0.717) is 5.76 Å². The van der Waals surface area contributed by atoms with Gasteiger partial charge in [-0.25, -0.2) is 0 Å². The second kappa shape index (κ2) is 9.16. The molecule has 1 fully saturated rings. The summed E-state index contributed by atoms with van der Waals surface area (Å²) in [6.45, 7) is 5.47. The van der Waals surface area contributed by atoms with Crippen molar-refractivity contribution in [2.24, 2.45) is 0 Å². The standard InChI is InChI=1S/C22H26N2O2S2/c1-2-11-24-12-9-16(10-13-24)23-22(25)21-18(15-28-20-8-5-14-27-20)17-6-3-4-7-19(17)26-21/h3-8,14,16H,2,9-13,15H2,1H3,(H,23,25). The number of furan rings is 1. The third-order valence-corrected chi connectivity index (χ3v) is 7.38. The van der Waals surface area contributed by atoms with Crippen molar-refractivity contribution in [2.45, 2.75) is 42.2 Å². The molecule has 0 unspecified atom stereocenters. The van der Waals surface area contributed by atoms with Gasteiger partial charge in [-0.2, -0.15) is 0 Å². The Labute approximate surface area is 174 Å². The fourth-order valence-corrected chi connectivity index (χ4v) is 5.59. The Morgan fingerprint density at radius 2 is 2.07 bits per heavy atom. The van der Waals surface area contributed by atoms with E-state index in [9.17, 15) is 4.79 Å². The zero-order valence-corrected chi connectivity index (χ0v) is 17.8. The zero-order chi connectivity index (χ0) is 19.3. The lowest BCUT2D eigenvalue weighted by Crippen LogP contribution is -2.44. The molecule has 0 spiro atoms. The number of nitrogens with one attached hydrogen (secondary N) is 1. The molecule has 3 heterocycles. The average molecular weight is 415 g/mol. The fourth-order valence-electron chi connectivity index (χ4n) is 3.78. The minimum absolute atomic E-state index is 0.0769. The van der Waals surface area contributed by atoms with E-state index in [-0.39, 0.29) is 11.9 Å². The quantitative estimate of drug-likeness (QED) is 0.527. The summed E-state index contributed by atoms with van der Waals surface area (Å²) in [5.41, 5.74) is 1.78. The molecule has 0 aliphatic carbocycles. The number of rotatable bonds is 7. The van der Waals surface area contributed by atoms with Crippen molar-refractivity contribution in [3.05, 3.63) is 53.1 Å². The highest BCUT2D eigenvalue weighted by Gasteiger charge is 2.25. The number of nitrogens with zero attached hydrogens (tertiary/aromatic N) is 1. The lowest BCUT2D eigenvalue weighted by molar-refractivity contribution is 0.0884. The molecule has 4 rings (SSSR count). The second-order valence-corrected chi connectivity index (χ2v) is 9.44. The Hall–Kier alpha value is -1.76. The maximum absolute atomic E-state index is 13.0. The topological polar surface area (TPSA) is 45.5 Å². The number of likely N-dealkylation sites (tertiary alicyclic amines) is 1. The minimum atomic E-state index is -0.0769. The lowest BCUT2D eigenvalue weighted by Gasteiger charge is -2.31. The van der Waals surface area contributed by atoms with E-state index in [1.54, 1.807) is 23.1 Å². The van der Waals surface area contributed by atoms with E-state index < -0.39 is 0 Å². The zero-order valence-electron chi connectivity index (χ0n) is 16.1. The van der Waals surface area contributed by atoms with Crippen molar-refractivity contribution in [3.63, 3.8) is 0 Å². The van der Waals surface area contributed by atoms with Crippen molar-refractivity contribution in [1.29, 1.82) is 0 Å². The van der Waals surface area contributed by atoms with Crippen molar-refractivity contribution in [3.8, 4) is 0 Å². The van der Waals surface area contributed by atoms with Crippen molar-refractivity contribution >= 4 is 40.0 Å². The van der Waals surface area contributed by atoms with Gasteiger partial charge in [0.05, 0.1) is 4.21 Å². The fraction of sp³-hybridized carbons (Fsp3) is 0.409. The molecule has 1 aliphatic rings. The highest BCUT2D eigenvalue weighted by molar-refractivity contribution is 8.00. The number of carbonyl (C=O) groups is 1. The van der Waals surface area contributed by atoms with Crippen LogP contribution < -0.4 is 5.32 Å². The first-order valence-electron chi connectivity index (χ1n) is 9.94. The predicted molar refractivity (Wildman–Crippen MR) is 117 cm³/mol. The van der Waals surface area contributed by atoms with Gasteiger partial charge in [0.25, 0.3) is 5.91 Å². The van der Waals surface area contributed by atoms with Crippen LogP contribution in [0.4, 0.5) is 0 Å². The molecule has 1 aromatic carbocycles. The summed E-state index contributed by atoms with van der Waals surface area (Å²) in [6, 6.07) is 12.3. The summed E-state index contributed by atoms with van der Waals surface area (Å²) in [4.78, 5) is 15.5. The molecule has 4 nitrogen and oxygen atoms in total. The number of hydrogen-bond donors (Lipinski definition) is 1. The summed E-state index contributed by atoms with van der Waals surface area (Å²) in [7, 11) is 0. The van der Waals surface area contributed by atoms with Crippen LogP contribution in [0.1, 0.15) is 42.3 Å². The smallest absolute Gasteiger partial charge is 0.287 e. The molecule has 1 aliphatic heterocycles. The van der Waals surface area contributed by atoms with Gasteiger partial charge in [-0.3, -0.25) is 4.79 Å². The Morgan fingerprint density at radius 3 is 2.82 bits per heavy atom. The Balaban J connectivity index is 1.49. The molecule has 28 heavy (non-hydrogen) atoms. The lowest BCUT2D eigenvalue weighted by atomic mass is 10.0. The van der Waals surface area contributed by atoms with Crippen LogP contribution in [0.25, 0.3) is 11.0 Å². The molecule has 1 amide bonds. The van der Waals surface area contributed by atoms with Crippen LogP contribution in [-0.4, -0.2) is 36.5 Å². The van der Waals surface area contributed by atoms with Crippen LogP contribution in [0.3, 0.4) is 0 Å². The highest BCUT2D eigenvalue weighted by atomic mass is 32.2. The monoisotopic (exact) mass is 414 g/mol. The van der Waals surface area contributed by atoms with Crippen LogP contribution >= 0.6 is 23.1 Å². The number of benzene rings is 1. The maximum Gasteiger partial charge on any atom is 0.287 e. The second-order valence-electron chi connectivity index (χ2n) is 7.22. The summed E-state index contributed by atoms with van der Waals surface area (Å²) < 4.78 is 7.25. The molecular formula is C22H26N2O2S2. The summed E-state index contributed by atoms with van der Waals surface area (Å²) in [5.74, 6) is 1.13. The largest absolute Gasteiger partial charge is 0.451 e. The summed E-state index contributed by atoms with van der Waals surface area (Å²) in [5, 5.41) is 6.34. The molecule has 148 valence electrons. The Bertz CT molecular complexity index is 912. The average Bonchev–Trinajstić information content (AvgIpc) is 3.35. The molecule has 3 aromatic rings. The van der Waals surface area contributed by atoms with Crippen LogP contribution in [0.5, 0.6) is 0 Å². The van der Waals surface area contributed by atoms with Crippen molar-refractivity contribution < 1.29 is 9.21 Å². The number of piperidine rings is 1. The van der Waals surface area contributed by atoms with E-state index in [0.717, 1.165) is 54.8 Å². The first-order chi connectivity index (χ1) is 13.7.